The Hall–Kier alpha value is -4.13. The molecule has 4 rings (SSSR count). The van der Waals surface area contributed by atoms with Gasteiger partial charge in [0.25, 0.3) is 5.69 Å². The highest BCUT2D eigenvalue weighted by Crippen LogP contribution is 2.37. The number of pyridine rings is 1. The van der Waals surface area contributed by atoms with E-state index < -0.39 is 4.92 Å². The summed E-state index contributed by atoms with van der Waals surface area (Å²) < 4.78 is 17.4. The highest BCUT2D eigenvalue weighted by atomic mass is 16.6. The first-order valence-electron chi connectivity index (χ1n) is 9.20. The van der Waals surface area contributed by atoms with E-state index in [1.54, 1.807) is 37.6 Å². The SMILES string of the molecule is COc1cc2nccc(Oc3ccc([N+](=O)[O-])cc3)c2cc1OCc1ccccc1. The third kappa shape index (κ3) is 4.15. The molecule has 3 aromatic carbocycles. The van der Waals surface area contributed by atoms with Gasteiger partial charge in [0.05, 0.1) is 17.5 Å². The van der Waals surface area contributed by atoms with Gasteiger partial charge in [-0.25, -0.2) is 0 Å². The Labute approximate surface area is 172 Å². The quantitative estimate of drug-likeness (QED) is 0.299. The summed E-state index contributed by atoms with van der Waals surface area (Å²) in [5.41, 5.74) is 1.72. The standard InChI is InChI=1S/C23H18N2O5/c1-28-22-14-20-19(13-23(22)29-15-16-5-3-2-4-6-16)21(11-12-24-20)30-18-9-7-17(8-10-18)25(26)27/h2-14H,15H2,1H3. The summed E-state index contributed by atoms with van der Waals surface area (Å²) in [7, 11) is 1.58. The summed E-state index contributed by atoms with van der Waals surface area (Å²) in [6.45, 7) is 0.390. The van der Waals surface area contributed by atoms with Gasteiger partial charge in [-0.3, -0.25) is 15.1 Å². The van der Waals surface area contributed by atoms with Crippen molar-refractivity contribution >= 4 is 16.6 Å². The zero-order valence-electron chi connectivity index (χ0n) is 16.1. The Morgan fingerprint density at radius 3 is 2.40 bits per heavy atom. The molecule has 0 amide bonds. The Morgan fingerprint density at radius 1 is 0.933 bits per heavy atom. The van der Waals surface area contributed by atoms with Crippen LogP contribution in [0.5, 0.6) is 23.0 Å². The van der Waals surface area contributed by atoms with Crippen molar-refractivity contribution in [3.63, 3.8) is 0 Å². The number of nitro groups is 1. The fraction of sp³-hybridized carbons (Fsp3) is 0.0870. The van der Waals surface area contributed by atoms with Crippen LogP contribution in [0.4, 0.5) is 5.69 Å². The van der Waals surface area contributed by atoms with Gasteiger partial charge in [0.15, 0.2) is 11.5 Å². The van der Waals surface area contributed by atoms with Gasteiger partial charge in [-0.15, -0.1) is 0 Å². The number of hydrogen-bond acceptors (Lipinski definition) is 6. The first kappa shape index (κ1) is 19.2. The minimum atomic E-state index is -0.450. The monoisotopic (exact) mass is 402 g/mol. The van der Waals surface area contributed by atoms with Crippen molar-refractivity contribution < 1.29 is 19.1 Å². The van der Waals surface area contributed by atoms with Crippen molar-refractivity contribution in [2.24, 2.45) is 0 Å². The smallest absolute Gasteiger partial charge is 0.269 e. The first-order valence-corrected chi connectivity index (χ1v) is 9.20. The molecule has 0 radical (unpaired) electrons. The molecular weight excluding hydrogens is 384 g/mol. The van der Waals surface area contributed by atoms with Gasteiger partial charge in [-0.05, 0) is 29.8 Å². The average molecular weight is 402 g/mol. The molecule has 7 nitrogen and oxygen atoms in total. The average Bonchev–Trinajstić information content (AvgIpc) is 2.78. The lowest BCUT2D eigenvalue weighted by molar-refractivity contribution is -0.384. The predicted octanol–water partition coefficient (Wildman–Crippen LogP) is 5.52. The maximum Gasteiger partial charge on any atom is 0.269 e. The van der Waals surface area contributed by atoms with Gasteiger partial charge in [0.1, 0.15) is 18.1 Å². The van der Waals surface area contributed by atoms with E-state index in [4.69, 9.17) is 14.2 Å². The van der Waals surface area contributed by atoms with Crippen LogP contribution in [-0.4, -0.2) is 17.0 Å². The largest absolute Gasteiger partial charge is 0.493 e. The summed E-state index contributed by atoms with van der Waals surface area (Å²) in [6.07, 6.45) is 1.63. The lowest BCUT2D eigenvalue weighted by Crippen LogP contribution is -1.98. The van der Waals surface area contributed by atoms with E-state index in [9.17, 15) is 10.1 Å². The van der Waals surface area contributed by atoms with E-state index in [0.717, 1.165) is 10.9 Å². The zero-order chi connectivity index (χ0) is 20.9. The van der Waals surface area contributed by atoms with Gasteiger partial charge >= 0.3 is 0 Å². The fourth-order valence-corrected chi connectivity index (χ4v) is 2.99. The molecule has 0 N–H and O–H groups in total. The molecule has 1 heterocycles. The van der Waals surface area contributed by atoms with Crippen molar-refractivity contribution in [3.05, 3.63) is 94.7 Å². The number of nitrogens with zero attached hydrogens (tertiary/aromatic N) is 2. The number of hydrogen-bond donors (Lipinski definition) is 0. The molecule has 0 bridgehead atoms. The number of ether oxygens (including phenoxy) is 3. The predicted molar refractivity (Wildman–Crippen MR) is 112 cm³/mol. The fourth-order valence-electron chi connectivity index (χ4n) is 2.99. The molecule has 0 aliphatic heterocycles. The maximum atomic E-state index is 10.8. The Morgan fingerprint density at radius 2 is 1.70 bits per heavy atom. The van der Waals surface area contributed by atoms with Crippen LogP contribution in [0.15, 0.2) is 79.0 Å². The molecule has 0 saturated carbocycles. The number of benzene rings is 3. The lowest BCUT2D eigenvalue weighted by atomic mass is 10.1. The van der Waals surface area contributed by atoms with Crippen LogP contribution >= 0.6 is 0 Å². The van der Waals surface area contributed by atoms with Gasteiger partial charge in [-0.2, -0.15) is 0 Å². The molecule has 7 heteroatoms. The Kier molecular flexibility index (Phi) is 5.43. The second kappa shape index (κ2) is 8.48. The van der Waals surface area contributed by atoms with E-state index >= 15 is 0 Å². The molecule has 150 valence electrons. The molecule has 0 unspecified atom stereocenters. The molecule has 0 fully saturated rings. The molecule has 30 heavy (non-hydrogen) atoms. The van der Waals surface area contributed by atoms with E-state index in [2.05, 4.69) is 4.98 Å². The van der Waals surface area contributed by atoms with Crippen molar-refractivity contribution in [2.45, 2.75) is 6.61 Å². The summed E-state index contributed by atoms with van der Waals surface area (Å²) in [4.78, 5) is 14.8. The number of aromatic nitrogens is 1. The summed E-state index contributed by atoms with van der Waals surface area (Å²) >= 11 is 0. The zero-order valence-corrected chi connectivity index (χ0v) is 16.1. The molecule has 0 spiro atoms. The van der Waals surface area contributed by atoms with Crippen molar-refractivity contribution in [1.29, 1.82) is 0 Å². The maximum absolute atomic E-state index is 10.8. The van der Waals surface area contributed by atoms with Crippen LogP contribution in [-0.2, 0) is 6.61 Å². The van der Waals surface area contributed by atoms with Crippen molar-refractivity contribution in [3.8, 4) is 23.0 Å². The highest BCUT2D eigenvalue weighted by Gasteiger charge is 2.13. The number of fused-ring (bicyclic) bond motifs is 1. The minimum absolute atomic E-state index is 0.00303. The van der Waals surface area contributed by atoms with E-state index in [1.165, 1.54) is 12.1 Å². The summed E-state index contributed by atoms with van der Waals surface area (Å²) in [5.74, 6) is 2.17. The second-order valence-corrected chi connectivity index (χ2v) is 6.46. The molecular formula is C23H18N2O5. The molecule has 0 saturated heterocycles. The number of nitro benzene ring substituents is 1. The van der Waals surface area contributed by atoms with Gasteiger partial charge < -0.3 is 14.2 Å². The second-order valence-electron chi connectivity index (χ2n) is 6.46. The van der Waals surface area contributed by atoms with E-state index in [0.29, 0.717) is 35.1 Å². The topological polar surface area (TPSA) is 83.7 Å². The van der Waals surface area contributed by atoms with E-state index in [1.807, 2.05) is 36.4 Å². The van der Waals surface area contributed by atoms with Gasteiger partial charge in [-0.1, -0.05) is 30.3 Å². The van der Waals surface area contributed by atoms with Crippen LogP contribution in [0.2, 0.25) is 0 Å². The summed E-state index contributed by atoms with van der Waals surface area (Å²) in [6, 6.07) is 21.1. The van der Waals surface area contributed by atoms with Crippen LogP contribution in [0.3, 0.4) is 0 Å². The Bertz CT molecular complexity index is 1180. The third-order valence-corrected chi connectivity index (χ3v) is 4.50. The molecule has 0 atom stereocenters. The molecule has 4 aromatic rings. The minimum Gasteiger partial charge on any atom is -0.493 e. The van der Waals surface area contributed by atoms with Crippen LogP contribution in [0, 0.1) is 10.1 Å². The normalized spacial score (nSPS) is 10.6. The molecule has 1 aromatic heterocycles. The van der Waals surface area contributed by atoms with Crippen LogP contribution < -0.4 is 14.2 Å². The Balaban J connectivity index is 1.65. The first-order chi connectivity index (χ1) is 14.6. The lowest BCUT2D eigenvalue weighted by Gasteiger charge is -2.14. The number of rotatable bonds is 7. The number of methoxy groups -OCH3 is 1. The third-order valence-electron chi connectivity index (χ3n) is 4.50. The van der Waals surface area contributed by atoms with Crippen molar-refractivity contribution in [2.75, 3.05) is 7.11 Å². The van der Waals surface area contributed by atoms with Crippen molar-refractivity contribution in [1.82, 2.24) is 4.98 Å². The van der Waals surface area contributed by atoms with E-state index in [-0.39, 0.29) is 5.69 Å². The van der Waals surface area contributed by atoms with Gasteiger partial charge in [0.2, 0.25) is 0 Å². The summed E-state index contributed by atoms with van der Waals surface area (Å²) in [5, 5.41) is 11.6. The molecule has 0 aliphatic carbocycles. The van der Waals surface area contributed by atoms with Gasteiger partial charge in [0, 0.05) is 29.8 Å². The molecule has 0 aliphatic rings. The highest BCUT2D eigenvalue weighted by molar-refractivity contribution is 5.88. The van der Waals surface area contributed by atoms with Crippen LogP contribution in [0.25, 0.3) is 10.9 Å². The number of non-ortho nitro benzene ring substituents is 1. The van der Waals surface area contributed by atoms with Crippen LogP contribution in [0.1, 0.15) is 5.56 Å².